The van der Waals surface area contributed by atoms with Gasteiger partial charge in [0.05, 0.1) is 47.1 Å². The van der Waals surface area contributed by atoms with Crippen LogP contribution >= 0.6 is 0 Å². The van der Waals surface area contributed by atoms with E-state index in [1.165, 1.54) is 0 Å². The van der Waals surface area contributed by atoms with Crippen molar-refractivity contribution in [2.45, 2.75) is 24.4 Å². The van der Waals surface area contributed by atoms with Crippen molar-refractivity contribution in [3.63, 3.8) is 0 Å². The highest BCUT2D eigenvalue weighted by Crippen LogP contribution is 2.32. The average molecular weight is 791 g/mol. The lowest BCUT2D eigenvalue weighted by atomic mass is 10.1. The minimum absolute atomic E-state index is 0.0801. The Balaban J connectivity index is 0.918. The number of carbonyl (C=O) groups is 4. The van der Waals surface area contributed by atoms with Gasteiger partial charge >= 0.3 is 23.9 Å². The van der Waals surface area contributed by atoms with Crippen LogP contribution < -0.4 is 9.47 Å². The van der Waals surface area contributed by atoms with Gasteiger partial charge in [-0.3, -0.25) is 0 Å². The first-order valence-corrected chi connectivity index (χ1v) is 18.0. The van der Waals surface area contributed by atoms with Crippen molar-refractivity contribution in [2.24, 2.45) is 20.5 Å². The van der Waals surface area contributed by atoms with E-state index in [4.69, 9.17) is 37.9 Å². The molecule has 0 spiro atoms. The number of ether oxygens (including phenoxy) is 8. The van der Waals surface area contributed by atoms with Crippen LogP contribution in [0, 0.1) is 0 Å². The van der Waals surface area contributed by atoms with Crippen LogP contribution in [0.25, 0.3) is 0 Å². The molecule has 4 atom stereocenters. The van der Waals surface area contributed by atoms with Gasteiger partial charge in [-0.25, -0.2) is 19.2 Å². The van der Waals surface area contributed by atoms with Crippen molar-refractivity contribution in [2.75, 3.05) is 39.6 Å². The van der Waals surface area contributed by atoms with E-state index in [0.717, 1.165) is 12.2 Å². The van der Waals surface area contributed by atoms with Gasteiger partial charge in [0, 0.05) is 12.2 Å². The Bertz CT molecular complexity index is 1970. The third-order valence-electron chi connectivity index (χ3n) is 8.45. The molecule has 2 saturated heterocycles. The lowest BCUT2D eigenvalue weighted by molar-refractivity contribution is -0.139. The highest BCUT2D eigenvalue weighted by Gasteiger charge is 2.51. The lowest BCUT2D eigenvalue weighted by Crippen LogP contribution is -2.36. The molecule has 0 saturated carbocycles. The Kier molecular flexibility index (Phi) is 14.2. The minimum atomic E-state index is -0.697. The van der Waals surface area contributed by atoms with Gasteiger partial charge in [0.2, 0.25) is 0 Å². The lowest BCUT2D eigenvalue weighted by Gasteiger charge is -2.17. The summed E-state index contributed by atoms with van der Waals surface area (Å²) in [5.41, 5.74) is 2.81. The van der Waals surface area contributed by atoms with E-state index in [1.54, 1.807) is 97.1 Å². The Morgan fingerprint density at radius 1 is 0.517 bits per heavy atom. The smallest absolute Gasteiger partial charge is 0.338 e. The number of fused-ring (bicyclic) bond motifs is 1. The van der Waals surface area contributed by atoms with Crippen LogP contribution in [0.2, 0.25) is 0 Å². The molecule has 16 nitrogen and oxygen atoms in total. The maximum Gasteiger partial charge on any atom is 0.338 e. The van der Waals surface area contributed by atoms with Gasteiger partial charge in [0.15, 0.2) is 12.2 Å². The topological polar surface area (TPSA) is 192 Å². The monoisotopic (exact) mass is 790 g/mol. The van der Waals surface area contributed by atoms with E-state index in [1.807, 2.05) is 0 Å². The van der Waals surface area contributed by atoms with Crippen LogP contribution in [0.3, 0.4) is 0 Å². The van der Waals surface area contributed by atoms with E-state index < -0.39 is 48.3 Å². The molecule has 2 unspecified atom stereocenters. The predicted octanol–water partition coefficient (Wildman–Crippen LogP) is 7.28. The minimum Gasteiger partial charge on any atom is -0.490 e. The maximum atomic E-state index is 13.0. The zero-order valence-corrected chi connectivity index (χ0v) is 31.0. The molecule has 2 aliphatic heterocycles. The van der Waals surface area contributed by atoms with Gasteiger partial charge in [-0.2, -0.15) is 20.5 Å². The van der Waals surface area contributed by atoms with Gasteiger partial charge in [0.25, 0.3) is 0 Å². The van der Waals surface area contributed by atoms with Crippen molar-refractivity contribution in [1.82, 2.24) is 0 Å². The second-order valence-electron chi connectivity index (χ2n) is 12.4. The Hall–Kier alpha value is -7.04. The van der Waals surface area contributed by atoms with Gasteiger partial charge in [-0.05, 0) is 97.1 Å². The molecule has 2 fully saturated rings. The molecular formula is C42H38N4O12. The summed E-state index contributed by atoms with van der Waals surface area (Å²) in [6.45, 7) is 7.42. The van der Waals surface area contributed by atoms with Crippen LogP contribution in [0.15, 0.2) is 143 Å². The molecule has 0 aliphatic carbocycles. The summed E-state index contributed by atoms with van der Waals surface area (Å²) in [5, 5.41) is 16.8. The van der Waals surface area contributed by atoms with Gasteiger partial charge in [-0.15, -0.1) is 0 Å². The summed E-state index contributed by atoms with van der Waals surface area (Å²) in [5.74, 6) is -1.01. The molecule has 298 valence electrons. The predicted molar refractivity (Wildman–Crippen MR) is 205 cm³/mol. The van der Waals surface area contributed by atoms with Crippen LogP contribution in [-0.4, -0.2) is 87.9 Å². The summed E-state index contributed by atoms with van der Waals surface area (Å²) in [4.78, 5) is 48.1. The van der Waals surface area contributed by atoms with Crippen molar-refractivity contribution in [3.05, 3.63) is 133 Å². The van der Waals surface area contributed by atoms with Crippen LogP contribution in [0.4, 0.5) is 22.7 Å². The quantitative estimate of drug-likeness (QED) is 0.0322. The molecule has 0 aromatic heterocycles. The first kappa shape index (κ1) is 40.6. The maximum absolute atomic E-state index is 13.0. The number of hydrogen-bond donors (Lipinski definition) is 0. The second-order valence-corrected chi connectivity index (χ2v) is 12.4. The zero-order valence-electron chi connectivity index (χ0n) is 31.0. The van der Waals surface area contributed by atoms with Crippen LogP contribution in [0.1, 0.15) is 20.7 Å². The Morgan fingerprint density at radius 3 is 1.17 bits per heavy atom. The fraction of sp³-hybridized carbons (Fsp3) is 0.238. The van der Waals surface area contributed by atoms with Crippen molar-refractivity contribution >= 4 is 46.6 Å². The SMILES string of the molecule is C=CC(=O)OCCOc1ccc(N=Nc2ccc(C(=O)O[C@H]3COC4C3OC[C@H]4OC(=O)c3ccc(N=Nc4ccc(OCCOC(=O)C=C)cc4)cc3)cc2)cc1. The van der Waals surface area contributed by atoms with Crippen LogP contribution in [0.5, 0.6) is 11.5 Å². The van der Waals surface area contributed by atoms with E-state index in [0.29, 0.717) is 45.4 Å². The molecule has 4 aromatic carbocycles. The first-order valence-electron chi connectivity index (χ1n) is 18.0. The number of benzene rings is 4. The fourth-order valence-corrected chi connectivity index (χ4v) is 5.54. The summed E-state index contributed by atoms with van der Waals surface area (Å²) in [6, 6.07) is 26.6. The number of rotatable bonds is 18. The largest absolute Gasteiger partial charge is 0.490 e. The van der Waals surface area contributed by atoms with E-state index in [-0.39, 0.29) is 39.6 Å². The highest BCUT2D eigenvalue weighted by molar-refractivity contribution is 5.90. The van der Waals surface area contributed by atoms with Crippen molar-refractivity contribution < 1.29 is 57.1 Å². The highest BCUT2D eigenvalue weighted by atomic mass is 16.7. The summed E-state index contributed by atoms with van der Waals surface area (Å²) in [7, 11) is 0. The van der Waals surface area contributed by atoms with Crippen molar-refractivity contribution in [3.8, 4) is 11.5 Å². The molecular weight excluding hydrogens is 752 g/mol. The summed E-state index contributed by atoms with van der Waals surface area (Å²) >= 11 is 0. The van der Waals surface area contributed by atoms with E-state index in [9.17, 15) is 19.2 Å². The fourth-order valence-electron chi connectivity index (χ4n) is 5.54. The summed E-state index contributed by atoms with van der Waals surface area (Å²) in [6.07, 6.45) is -0.432. The molecule has 0 amide bonds. The van der Waals surface area contributed by atoms with Gasteiger partial charge < -0.3 is 37.9 Å². The van der Waals surface area contributed by atoms with Crippen LogP contribution in [-0.2, 0) is 38.0 Å². The molecule has 0 bridgehead atoms. The molecule has 16 heteroatoms. The molecule has 0 N–H and O–H groups in total. The van der Waals surface area contributed by atoms with Gasteiger partial charge in [-0.1, -0.05) is 13.2 Å². The molecule has 6 rings (SSSR count). The number of nitrogens with zero attached hydrogens (tertiary/aromatic N) is 4. The van der Waals surface area contributed by atoms with Crippen molar-refractivity contribution in [1.29, 1.82) is 0 Å². The first-order chi connectivity index (χ1) is 28.3. The second kappa shape index (κ2) is 20.2. The third kappa shape index (κ3) is 11.5. The Labute approximate surface area is 332 Å². The van der Waals surface area contributed by atoms with Gasteiger partial charge in [0.1, 0.15) is 50.1 Å². The third-order valence-corrected chi connectivity index (χ3v) is 8.45. The number of azo groups is 2. The number of carbonyl (C=O) groups excluding carboxylic acids is 4. The molecule has 4 aromatic rings. The van der Waals surface area contributed by atoms with E-state index >= 15 is 0 Å². The Morgan fingerprint density at radius 2 is 0.845 bits per heavy atom. The average Bonchev–Trinajstić information content (AvgIpc) is 3.85. The molecule has 58 heavy (non-hydrogen) atoms. The standard InChI is InChI=1S/C42H38N4O12/c1-3-37(47)53-23-21-51-33-17-13-31(14-18-33)45-43-29-9-5-27(6-10-29)41(49)57-35-25-55-40-36(26-56-39(35)40)58-42(50)28-7-11-30(12-8-28)44-46-32-15-19-34(20-16-32)52-22-24-54-38(48)4-2/h3-20,35-36,39-40H,1-2,21-26H2/t35-,36+,39?,40?. The summed E-state index contributed by atoms with van der Waals surface area (Å²) < 4.78 is 43.9. The normalized spacial score (nSPS) is 18.3. The van der Waals surface area contributed by atoms with E-state index in [2.05, 4.69) is 33.6 Å². The molecule has 2 heterocycles. The number of hydrogen-bond acceptors (Lipinski definition) is 16. The molecule has 0 radical (unpaired) electrons. The zero-order chi connectivity index (χ0) is 40.7. The number of esters is 4. The molecule has 2 aliphatic rings.